The maximum Gasteiger partial charge on any atom is 0.315 e. The summed E-state index contributed by atoms with van der Waals surface area (Å²) in [5, 5.41) is 6.08. The first-order valence-electron chi connectivity index (χ1n) is 10.0. The highest BCUT2D eigenvalue weighted by atomic mass is 16.5. The van der Waals surface area contributed by atoms with Crippen LogP contribution < -0.4 is 15.5 Å². The molecular formula is C19H32N6O2. The monoisotopic (exact) mass is 376 g/mol. The molecule has 150 valence electrons. The Balaban J connectivity index is 1.28. The Morgan fingerprint density at radius 2 is 1.85 bits per heavy atom. The van der Waals surface area contributed by atoms with Crippen LogP contribution in [0.1, 0.15) is 33.1 Å². The van der Waals surface area contributed by atoms with Crippen LogP contribution in [0.2, 0.25) is 0 Å². The molecule has 2 saturated heterocycles. The Labute approximate surface area is 161 Å². The zero-order valence-corrected chi connectivity index (χ0v) is 16.4. The average molecular weight is 377 g/mol. The fourth-order valence-corrected chi connectivity index (χ4v) is 3.89. The molecule has 0 radical (unpaired) electrons. The molecule has 1 aromatic heterocycles. The Kier molecular flexibility index (Phi) is 7.23. The molecule has 2 aliphatic heterocycles. The highest BCUT2D eigenvalue weighted by Gasteiger charge is 2.23. The summed E-state index contributed by atoms with van der Waals surface area (Å²) in [4.78, 5) is 25.3. The molecule has 2 unspecified atom stereocenters. The first-order chi connectivity index (χ1) is 13.1. The number of hydrogen-bond donors (Lipinski definition) is 2. The molecule has 0 aliphatic carbocycles. The van der Waals surface area contributed by atoms with E-state index in [0.717, 1.165) is 57.9 Å². The van der Waals surface area contributed by atoms with Crippen LogP contribution in [0.25, 0.3) is 0 Å². The molecule has 0 spiro atoms. The van der Waals surface area contributed by atoms with Gasteiger partial charge in [0.25, 0.3) is 0 Å². The third kappa shape index (κ3) is 6.32. The van der Waals surface area contributed by atoms with Crippen molar-refractivity contribution in [2.75, 3.05) is 44.2 Å². The lowest BCUT2D eigenvalue weighted by Crippen LogP contribution is -2.49. The first kappa shape index (κ1) is 19.8. The second-order valence-corrected chi connectivity index (χ2v) is 7.58. The molecule has 0 saturated carbocycles. The van der Waals surface area contributed by atoms with Gasteiger partial charge in [0.2, 0.25) is 5.95 Å². The van der Waals surface area contributed by atoms with Gasteiger partial charge in [0.05, 0.1) is 12.2 Å². The smallest absolute Gasteiger partial charge is 0.315 e. The van der Waals surface area contributed by atoms with E-state index >= 15 is 0 Å². The van der Waals surface area contributed by atoms with Crippen LogP contribution in [-0.2, 0) is 4.74 Å². The summed E-state index contributed by atoms with van der Waals surface area (Å²) in [5.41, 5.74) is 0. The van der Waals surface area contributed by atoms with Gasteiger partial charge >= 0.3 is 6.03 Å². The predicted molar refractivity (Wildman–Crippen MR) is 105 cm³/mol. The Hall–Kier alpha value is -1.93. The van der Waals surface area contributed by atoms with E-state index in [9.17, 15) is 4.79 Å². The number of urea groups is 1. The van der Waals surface area contributed by atoms with E-state index in [1.807, 2.05) is 6.07 Å². The van der Waals surface area contributed by atoms with E-state index in [2.05, 4.69) is 44.2 Å². The van der Waals surface area contributed by atoms with Crippen LogP contribution in [0.5, 0.6) is 0 Å². The van der Waals surface area contributed by atoms with Crippen LogP contribution in [-0.4, -0.2) is 78.4 Å². The zero-order chi connectivity index (χ0) is 19.1. The molecule has 2 amide bonds. The van der Waals surface area contributed by atoms with Gasteiger partial charge in [-0.15, -0.1) is 0 Å². The summed E-state index contributed by atoms with van der Waals surface area (Å²) >= 11 is 0. The number of rotatable bonds is 6. The van der Waals surface area contributed by atoms with Crippen molar-refractivity contribution in [1.29, 1.82) is 0 Å². The standard InChI is InChI=1S/C19H32N6O2/c1-15-13-24(14-16(2)27-15)10-4-9-22-19(26)23-17-5-11-25(12-6-17)18-20-7-3-8-21-18/h3,7-8,15-17H,4-6,9-14H2,1-2H3,(H2,22,23,26). The Morgan fingerprint density at radius 3 is 2.52 bits per heavy atom. The molecule has 0 aromatic carbocycles. The lowest BCUT2D eigenvalue weighted by molar-refractivity contribution is -0.0679. The van der Waals surface area contributed by atoms with Gasteiger partial charge in [0, 0.05) is 57.7 Å². The van der Waals surface area contributed by atoms with Crippen LogP contribution in [0.4, 0.5) is 10.7 Å². The highest BCUT2D eigenvalue weighted by Crippen LogP contribution is 2.15. The fraction of sp³-hybridized carbons (Fsp3) is 0.737. The van der Waals surface area contributed by atoms with E-state index in [4.69, 9.17) is 4.74 Å². The van der Waals surface area contributed by atoms with Gasteiger partial charge in [0.15, 0.2) is 0 Å². The van der Waals surface area contributed by atoms with Crippen LogP contribution in [0.15, 0.2) is 18.5 Å². The summed E-state index contributed by atoms with van der Waals surface area (Å²) in [5.74, 6) is 0.771. The molecule has 2 N–H and O–H groups in total. The summed E-state index contributed by atoms with van der Waals surface area (Å²) in [6.07, 6.45) is 6.88. The SMILES string of the molecule is CC1CN(CCCNC(=O)NC2CCN(c3ncccn3)CC2)CC(C)O1. The van der Waals surface area contributed by atoms with Crippen molar-refractivity contribution < 1.29 is 9.53 Å². The minimum atomic E-state index is -0.0619. The molecule has 8 nitrogen and oxygen atoms in total. The minimum Gasteiger partial charge on any atom is -0.373 e. The number of carbonyl (C=O) groups is 1. The van der Waals surface area contributed by atoms with Crippen molar-refractivity contribution in [2.45, 2.75) is 51.4 Å². The van der Waals surface area contributed by atoms with E-state index in [-0.39, 0.29) is 24.3 Å². The third-order valence-electron chi connectivity index (χ3n) is 5.10. The summed E-state index contributed by atoms with van der Waals surface area (Å²) < 4.78 is 5.75. The largest absolute Gasteiger partial charge is 0.373 e. The van der Waals surface area contributed by atoms with Gasteiger partial charge < -0.3 is 20.3 Å². The van der Waals surface area contributed by atoms with E-state index < -0.39 is 0 Å². The average Bonchev–Trinajstić information content (AvgIpc) is 2.66. The lowest BCUT2D eigenvalue weighted by atomic mass is 10.1. The molecule has 2 aliphatic rings. The summed E-state index contributed by atoms with van der Waals surface area (Å²) in [6, 6.07) is 1.97. The number of piperidine rings is 1. The Morgan fingerprint density at radius 1 is 1.19 bits per heavy atom. The molecular weight excluding hydrogens is 344 g/mol. The van der Waals surface area contributed by atoms with Gasteiger partial charge in [-0.1, -0.05) is 0 Å². The maximum atomic E-state index is 12.1. The molecule has 27 heavy (non-hydrogen) atoms. The zero-order valence-electron chi connectivity index (χ0n) is 16.4. The number of nitrogens with zero attached hydrogens (tertiary/aromatic N) is 4. The molecule has 0 bridgehead atoms. The number of carbonyl (C=O) groups excluding carboxylic acids is 1. The molecule has 3 rings (SSSR count). The fourth-order valence-electron chi connectivity index (χ4n) is 3.89. The number of anilines is 1. The number of hydrogen-bond acceptors (Lipinski definition) is 6. The van der Waals surface area contributed by atoms with E-state index in [0.29, 0.717) is 6.54 Å². The Bertz CT molecular complexity index is 569. The second-order valence-electron chi connectivity index (χ2n) is 7.58. The molecule has 1 aromatic rings. The topological polar surface area (TPSA) is 82.6 Å². The van der Waals surface area contributed by atoms with Crippen molar-refractivity contribution in [3.63, 3.8) is 0 Å². The second kappa shape index (κ2) is 9.85. The van der Waals surface area contributed by atoms with Crippen LogP contribution in [0, 0.1) is 0 Å². The van der Waals surface area contributed by atoms with Crippen molar-refractivity contribution in [3.8, 4) is 0 Å². The van der Waals surface area contributed by atoms with E-state index in [1.54, 1.807) is 12.4 Å². The minimum absolute atomic E-state index is 0.0619. The number of ether oxygens (including phenoxy) is 1. The van der Waals surface area contributed by atoms with Crippen LogP contribution in [0.3, 0.4) is 0 Å². The van der Waals surface area contributed by atoms with Crippen LogP contribution >= 0.6 is 0 Å². The summed E-state index contributed by atoms with van der Waals surface area (Å²) in [7, 11) is 0. The number of nitrogens with one attached hydrogen (secondary N) is 2. The van der Waals surface area contributed by atoms with Gasteiger partial charge in [0.1, 0.15) is 0 Å². The normalized spacial score (nSPS) is 24.6. The first-order valence-corrected chi connectivity index (χ1v) is 10.0. The van der Waals surface area contributed by atoms with Crippen molar-refractivity contribution in [2.24, 2.45) is 0 Å². The van der Waals surface area contributed by atoms with Gasteiger partial charge in [-0.25, -0.2) is 14.8 Å². The van der Waals surface area contributed by atoms with E-state index in [1.165, 1.54) is 0 Å². The lowest BCUT2D eigenvalue weighted by Gasteiger charge is -2.35. The molecule has 8 heteroatoms. The van der Waals surface area contributed by atoms with Gasteiger partial charge in [-0.2, -0.15) is 0 Å². The molecule has 2 fully saturated rings. The third-order valence-corrected chi connectivity index (χ3v) is 5.10. The summed E-state index contributed by atoms with van der Waals surface area (Å²) in [6.45, 7) is 9.59. The van der Waals surface area contributed by atoms with Crippen molar-refractivity contribution in [1.82, 2.24) is 25.5 Å². The van der Waals surface area contributed by atoms with Crippen molar-refractivity contribution in [3.05, 3.63) is 18.5 Å². The molecule has 3 heterocycles. The maximum absolute atomic E-state index is 12.1. The molecule has 2 atom stereocenters. The van der Waals surface area contributed by atoms with Gasteiger partial charge in [-0.05, 0) is 39.2 Å². The number of aromatic nitrogens is 2. The van der Waals surface area contributed by atoms with Crippen molar-refractivity contribution >= 4 is 12.0 Å². The number of amides is 2. The quantitative estimate of drug-likeness (QED) is 0.727. The predicted octanol–water partition coefficient (Wildman–Crippen LogP) is 1.24. The number of morpholine rings is 1. The highest BCUT2D eigenvalue weighted by molar-refractivity contribution is 5.74. The van der Waals surface area contributed by atoms with Gasteiger partial charge in [-0.3, -0.25) is 4.90 Å².